The van der Waals surface area contributed by atoms with Crippen LogP contribution in [-0.2, 0) is 17.1 Å². The van der Waals surface area contributed by atoms with E-state index in [2.05, 4.69) is 9.97 Å². The van der Waals surface area contributed by atoms with E-state index in [1.807, 2.05) is 4.72 Å². The number of sulfonamides is 1. The fraction of sp³-hybridized carbons (Fsp3) is 0.111. The highest BCUT2D eigenvalue weighted by molar-refractivity contribution is 7.92. The Hall–Kier alpha value is -2.03. The van der Waals surface area contributed by atoms with Gasteiger partial charge in [-0.25, -0.2) is 4.98 Å². The molecule has 0 unspecified atom stereocenters. The van der Waals surface area contributed by atoms with Gasteiger partial charge < -0.3 is 4.57 Å². The van der Waals surface area contributed by atoms with E-state index in [1.54, 1.807) is 7.05 Å². The second-order valence-corrected chi connectivity index (χ2v) is 5.08. The SMILES string of the molecule is Cn1cnc(S(=O)(=O)Nc2ccc(F)nc2F)c1. The minimum Gasteiger partial charge on any atom is -0.339 e. The Bertz CT molecular complexity index is 684. The number of aryl methyl sites for hydroxylation is 1. The molecule has 96 valence electrons. The van der Waals surface area contributed by atoms with E-state index in [0.717, 1.165) is 12.1 Å². The highest BCUT2D eigenvalue weighted by atomic mass is 32.2. The standard InChI is InChI=1S/C9H8F2N4O2S/c1-15-4-8(12-5-15)18(16,17)14-6-2-3-7(10)13-9(6)11/h2-5,14H,1H3. The minimum atomic E-state index is -4.01. The van der Waals surface area contributed by atoms with E-state index in [1.165, 1.54) is 17.1 Å². The molecular formula is C9H8F2N4O2S. The van der Waals surface area contributed by atoms with Crippen LogP contribution in [0, 0.1) is 11.9 Å². The molecule has 2 rings (SSSR count). The number of anilines is 1. The van der Waals surface area contributed by atoms with Crippen molar-refractivity contribution in [3.05, 3.63) is 36.6 Å². The molecule has 0 amide bonds. The maximum Gasteiger partial charge on any atom is 0.281 e. The van der Waals surface area contributed by atoms with E-state index in [0.29, 0.717) is 0 Å². The number of hydrogen-bond acceptors (Lipinski definition) is 4. The molecule has 0 aliphatic carbocycles. The van der Waals surface area contributed by atoms with Crippen LogP contribution in [0.3, 0.4) is 0 Å². The van der Waals surface area contributed by atoms with Gasteiger partial charge in [-0.05, 0) is 12.1 Å². The number of rotatable bonds is 3. The van der Waals surface area contributed by atoms with E-state index in [-0.39, 0.29) is 5.03 Å². The van der Waals surface area contributed by atoms with Gasteiger partial charge in [0, 0.05) is 13.2 Å². The lowest BCUT2D eigenvalue weighted by Crippen LogP contribution is -2.15. The Balaban J connectivity index is 2.33. The molecule has 1 N–H and O–H groups in total. The van der Waals surface area contributed by atoms with Crippen LogP contribution in [0.5, 0.6) is 0 Å². The number of halogens is 2. The van der Waals surface area contributed by atoms with Crippen molar-refractivity contribution in [1.82, 2.24) is 14.5 Å². The quantitative estimate of drug-likeness (QED) is 0.843. The summed E-state index contributed by atoms with van der Waals surface area (Å²) in [7, 11) is -2.42. The highest BCUT2D eigenvalue weighted by Gasteiger charge is 2.19. The average molecular weight is 274 g/mol. The fourth-order valence-electron chi connectivity index (χ4n) is 1.21. The molecule has 0 saturated heterocycles. The molecule has 0 spiro atoms. The van der Waals surface area contributed by atoms with Crippen LogP contribution in [0.15, 0.2) is 29.7 Å². The first-order chi connectivity index (χ1) is 8.38. The van der Waals surface area contributed by atoms with E-state index >= 15 is 0 Å². The van der Waals surface area contributed by atoms with Crippen molar-refractivity contribution in [2.45, 2.75) is 5.03 Å². The van der Waals surface area contributed by atoms with Crippen molar-refractivity contribution < 1.29 is 17.2 Å². The van der Waals surface area contributed by atoms with Crippen LogP contribution < -0.4 is 4.72 Å². The first kappa shape index (κ1) is 12.4. The third kappa shape index (κ3) is 2.45. The molecule has 0 saturated carbocycles. The molecule has 0 aliphatic heterocycles. The van der Waals surface area contributed by atoms with Crippen molar-refractivity contribution in [1.29, 1.82) is 0 Å². The second kappa shape index (κ2) is 4.33. The van der Waals surface area contributed by atoms with E-state index in [9.17, 15) is 17.2 Å². The summed E-state index contributed by atoms with van der Waals surface area (Å²) in [6.45, 7) is 0. The predicted molar refractivity (Wildman–Crippen MR) is 58.2 cm³/mol. The third-order valence-corrected chi connectivity index (χ3v) is 3.27. The van der Waals surface area contributed by atoms with Gasteiger partial charge in [-0.1, -0.05) is 0 Å². The summed E-state index contributed by atoms with van der Waals surface area (Å²) in [5, 5.41) is -0.270. The Kier molecular flexibility index (Phi) is 2.99. The monoisotopic (exact) mass is 274 g/mol. The van der Waals surface area contributed by atoms with E-state index in [4.69, 9.17) is 0 Å². The Labute approximate surface area is 101 Å². The number of nitrogens with one attached hydrogen (secondary N) is 1. The minimum absolute atomic E-state index is 0.270. The fourth-order valence-corrected chi connectivity index (χ4v) is 2.25. The molecule has 9 heteroatoms. The molecule has 2 aromatic rings. The van der Waals surface area contributed by atoms with Gasteiger partial charge in [-0.15, -0.1) is 0 Å². The Morgan fingerprint density at radius 2 is 2.06 bits per heavy atom. The largest absolute Gasteiger partial charge is 0.339 e. The second-order valence-electron chi connectivity index (χ2n) is 3.46. The van der Waals surface area contributed by atoms with Crippen LogP contribution in [0.25, 0.3) is 0 Å². The maximum absolute atomic E-state index is 13.2. The van der Waals surface area contributed by atoms with Crippen molar-refractivity contribution in [3.8, 4) is 0 Å². The zero-order valence-electron chi connectivity index (χ0n) is 9.13. The van der Waals surface area contributed by atoms with Crippen LogP contribution in [0.1, 0.15) is 0 Å². The van der Waals surface area contributed by atoms with Gasteiger partial charge in [0.05, 0.1) is 6.33 Å². The lowest BCUT2D eigenvalue weighted by Gasteiger charge is -2.05. The number of aromatic nitrogens is 3. The topological polar surface area (TPSA) is 76.9 Å². The molecule has 0 atom stereocenters. The molecule has 2 aromatic heterocycles. The van der Waals surface area contributed by atoms with Gasteiger partial charge in [0.15, 0.2) is 5.03 Å². The number of imidazole rings is 1. The Morgan fingerprint density at radius 3 is 2.61 bits per heavy atom. The predicted octanol–water partition coefficient (Wildman–Crippen LogP) is 0.894. The van der Waals surface area contributed by atoms with Gasteiger partial charge in [-0.2, -0.15) is 22.2 Å². The molecule has 2 heterocycles. The van der Waals surface area contributed by atoms with Crippen LogP contribution in [0.2, 0.25) is 0 Å². The van der Waals surface area contributed by atoms with Crippen molar-refractivity contribution >= 4 is 15.7 Å². The molecule has 0 aliphatic rings. The molecule has 6 nitrogen and oxygen atoms in total. The first-order valence-corrected chi connectivity index (χ1v) is 6.19. The summed E-state index contributed by atoms with van der Waals surface area (Å²) in [5.74, 6) is -2.28. The van der Waals surface area contributed by atoms with Crippen LogP contribution >= 0.6 is 0 Å². The molecule has 0 aromatic carbocycles. The maximum atomic E-state index is 13.2. The third-order valence-electron chi connectivity index (χ3n) is 2.02. The lowest BCUT2D eigenvalue weighted by atomic mass is 10.4. The average Bonchev–Trinajstić information content (AvgIpc) is 2.70. The smallest absolute Gasteiger partial charge is 0.281 e. The van der Waals surface area contributed by atoms with Gasteiger partial charge in [0.1, 0.15) is 5.69 Å². The van der Waals surface area contributed by atoms with Gasteiger partial charge >= 0.3 is 0 Å². The molecule has 0 fully saturated rings. The summed E-state index contributed by atoms with van der Waals surface area (Å²) in [5.41, 5.74) is -0.443. The molecule has 0 bridgehead atoms. The normalized spacial score (nSPS) is 11.5. The first-order valence-electron chi connectivity index (χ1n) is 4.71. The van der Waals surface area contributed by atoms with Crippen LogP contribution in [0.4, 0.5) is 14.5 Å². The highest BCUT2D eigenvalue weighted by Crippen LogP contribution is 2.16. The van der Waals surface area contributed by atoms with Crippen molar-refractivity contribution in [3.63, 3.8) is 0 Å². The number of pyridine rings is 1. The number of nitrogens with zero attached hydrogens (tertiary/aromatic N) is 3. The molecular weight excluding hydrogens is 266 g/mol. The summed E-state index contributed by atoms with van der Waals surface area (Å²) in [4.78, 5) is 6.50. The van der Waals surface area contributed by atoms with E-state index < -0.39 is 27.6 Å². The van der Waals surface area contributed by atoms with Crippen molar-refractivity contribution in [2.24, 2.45) is 7.05 Å². The Morgan fingerprint density at radius 1 is 1.33 bits per heavy atom. The lowest BCUT2D eigenvalue weighted by molar-refractivity contribution is 0.515. The van der Waals surface area contributed by atoms with Gasteiger partial charge in [0.2, 0.25) is 11.9 Å². The summed E-state index contributed by atoms with van der Waals surface area (Å²) in [6, 6.07) is 1.79. The summed E-state index contributed by atoms with van der Waals surface area (Å²) < 4.78 is 52.7. The zero-order chi connectivity index (χ0) is 13.3. The van der Waals surface area contributed by atoms with Crippen molar-refractivity contribution in [2.75, 3.05) is 4.72 Å². The number of hydrogen-bond donors (Lipinski definition) is 1. The molecule has 0 radical (unpaired) electrons. The van der Waals surface area contributed by atoms with Crippen LogP contribution in [-0.4, -0.2) is 23.0 Å². The zero-order valence-corrected chi connectivity index (χ0v) is 9.95. The summed E-state index contributed by atoms with van der Waals surface area (Å²) in [6.07, 6.45) is 2.53. The summed E-state index contributed by atoms with van der Waals surface area (Å²) >= 11 is 0. The van der Waals surface area contributed by atoms with Gasteiger partial charge in [0.25, 0.3) is 10.0 Å². The van der Waals surface area contributed by atoms with Gasteiger partial charge in [-0.3, -0.25) is 4.72 Å². The molecule has 18 heavy (non-hydrogen) atoms.